The quantitative estimate of drug-likeness (QED) is 0.199. The number of nitro benzene ring substituents is 1. The molecule has 0 aliphatic heterocycles. The molecule has 0 spiro atoms. The third-order valence-corrected chi connectivity index (χ3v) is 5.13. The zero-order valence-electron chi connectivity index (χ0n) is 15.1. The normalized spacial score (nSPS) is 11.9. The summed E-state index contributed by atoms with van der Waals surface area (Å²) >= 11 is 0. The van der Waals surface area contributed by atoms with Gasteiger partial charge in [0.05, 0.1) is 9.82 Å². The molecule has 9 nitrogen and oxygen atoms in total. The summed E-state index contributed by atoms with van der Waals surface area (Å²) < 4.78 is 40.4. The van der Waals surface area contributed by atoms with Crippen molar-refractivity contribution in [2.45, 2.75) is 11.4 Å². The van der Waals surface area contributed by atoms with Gasteiger partial charge in [0.25, 0.3) is 5.69 Å². The van der Waals surface area contributed by atoms with E-state index < -0.39 is 14.9 Å². The highest BCUT2D eigenvalue weighted by atomic mass is 32.2. The molecule has 0 fully saturated rings. The number of nitro groups is 1. The Morgan fingerprint density at radius 1 is 1.14 bits per heavy atom. The molecule has 150 valence electrons. The van der Waals surface area contributed by atoms with Crippen molar-refractivity contribution in [3.63, 3.8) is 0 Å². The molecule has 0 saturated heterocycles. The number of non-ortho nitro benzene ring substituents is 1. The highest BCUT2D eigenvalue weighted by molar-refractivity contribution is 7.89. The summed E-state index contributed by atoms with van der Waals surface area (Å²) in [6, 6.07) is 11.1. The number of benzene rings is 2. The summed E-state index contributed by atoms with van der Waals surface area (Å²) in [5.74, 6) is 0.0352. The molecule has 2 aromatic rings. The van der Waals surface area contributed by atoms with Gasteiger partial charge in [-0.05, 0) is 12.1 Å². The highest BCUT2D eigenvalue weighted by Gasteiger charge is 2.17. The van der Waals surface area contributed by atoms with Crippen LogP contribution in [0, 0.1) is 15.9 Å². The van der Waals surface area contributed by atoms with Crippen molar-refractivity contribution in [1.82, 2.24) is 15.4 Å². The number of hydrogen-bond donors (Lipinski definition) is 3. The van der Waals surface area contributed by atoms with Crippen LogP contribution in [0.25, 0.3) is 0 Å². The molecule has 0 radical (unpaired) electrons. The lowest BCUT2D eigenvalue weighted by Crippen LogP contribution is -2.41. The molecule has 0 aromatic heterocycles. The van der Waals surface area contributed by atoms with E-state index >= 15 is 0 Å². The van der Waals surface area contributed by atoms with E-state index in [4.69, 9.17) is 0 Å². The minimum absolute atomic E-state index is 0.0193. The molecule has 0 unspecified atom stereocenters. The van der Waals surface area contributed by atoms with Gasteiger partial charge in [-0.25, -0.2) is 17.5 Å². The monoisotopic (exact) mass is 409 g/mol. The fourth-order valence-electron chi connectivity index (χ4n) is 2.26. The maximum absolute atomic E-state index is 13.6. The SMILES string of the molecule is CN=C(NCCNS(=O)(=O)c1cccc([N+](=O)[O-])c1)NCc1ccccc1F. The average Bonchev–Trinajstić information content (AvgIpc) is 2.68. The molecule has 0 saturated carbocycles. The van der Waals surface area contributed by atoms with Crippen LogP contribution in [-0.2, 0) is 16.6 Å². The van der Waals surface area contributed by atoms with Crippen LogP contribution in [0.3, 0.4) is 0 Å². The minimum Gasteiger partial charge on any atom is -0.355 e. The molecular formula is C17H20FN5O4S. The standard InChI is InChI=1S/C17H20FN5O4S/c1-19-17(21-12-13-5-2-3-8-16(13)18)20-9-10-22-28(26,27)15-7-4-6-14(11-15)23(24)25/h2-8,11,22H,9-10,12H2,1H3,(H2,19,20,21). The fourth-order valence-corrected chi connectivity index (χ4v) is 3.33. The van der Waals surface area contributed by atoms with E-state index in [1.165, 1.54) is 31.3 Å². The number of halogens is 1. The van der Waals surface area contributed by atoms with Crippen LogP contribution in [0.2, 0.25) is 0 Å². The molecule has 0 aliphatic carbocycles. The lowest BCUT2D eigenvalue weighted by molar-refractivity contribution is -0.385. The topological polar surface area (TPSA) is 126 Å². The van der Waals surface area contributed by atoms with Gasteiger partial charge in [-0.1, -0.05) is 24.3 Å². The summed E-state index contributed by atoms with van der Waals surface area (Å²) in [5.41, 5.74) is 0.163. The lowest BCUT2D eigenvalue weighted by atomic mass is 10.2. The Morgan fingerprint density at radius 3 is 2.57 bits per heavy atom. The molecule has 0 heterocycles. The first-order valence-electron chi connectivity index (χ1n) is 8.25. The Hall–Kier alpha value is -3.05. The molecule has 0 atom stereocenters. The first-order chi connectivity index (χ1) is 13.3. The summed E-state index contributed by atoms with van der Waals surface area (Å²) in [6.07, 6.45) is 0. The summed E-state index contributed by atoms with van der Waals surface area (Å²) in [4.78, 5) is 13.9. The zero-order chi connectivity index (χ0) is 20.6. The molecule has 0 aliphatic rings. The maximum Gasteiger partial charge on any atom is 0.270 e. The third-order valence-electron chi connectivity index (χ3n) is 3.68. The Labute approximate surface area is 161 Å². The first-order valence-corrected chi connectivity index (χ1v) is 9.74. The number of aliphatic imine (C=N–C) groups is 1. The maximum atomic E-state index is 13.6. The van der Waals surface area contributed by atoms with E-state index in [2.05, 4.69) is 20.3 Å². The van der Waals surface area contributed by atoms with Crippen LogP contribution in [0.1, 0.15) is 5.56 Å². The Morgan fingerprint density at radius 2 is 1.89 bits per heavy atom. The van der Waals surface area contributed by atoms with E-state index in [-0.39, 0.29) is 36.0 Å². The zero-order valence-corrected chi connectivity index (χ0v) is 15.9. The third kappa shape index (κ3) is 5.99. The van der Waals surface area contributed by atoms with Gasteiger partial charge in [0, 0.05) is 44.4 Å². The lowest BCUT2D eigenvalue weighted by Gasteiger charge is -2.13. The van der Waals surface area contributed by atoms with Gasteiger partial charge in [-0.2, -0.15) is 0 Å². The molecule has 0 amide bonds. The number of guanidine groups is 1. The van der Waals surface area contributed by atoms with E-state index in [0.29, 0.717) is 11.5 Å². The van der Waals surface area contributed by atoms with Crippen molar-refractivity contribution in [2.75, 3.05) is 20.1 Å². The van der Waals surface area contributed by atoms with Gasteiger partial charge >= 0.3 is 0 Å². The Balaban J connectivity index is 1.84. The van der Waals surface area contributed by atoms with Crippen LogP contribution in [0.5, 0.6) is 0 Å². The van der Waals surface area contributed by atoms with Crippen molar-refractivity contribution in [3.8, 4) is 0 Å². The van der Waals surface area contributed by atoms with Crippen molar-refractivity contribution in [3.05, 3.63) is 70.0 Å². The molecule has 11 heteroatoms. The number of hydrogen-bond acceptors (Lipinski definition) is 5. The molecule has 28 heavy (non-hydrogen) atoms. The smallest absolute Gasteiger partial charge is 0.270 e. The van der Waals surface area contributed by atoms with E-state index in [1.54, 1.807) is 18.2 Å². The Bertz CT molecular complexity index is 966. The van der Waals surface area contributed by atoms with E-state index in [1.807, 2.05) is 0 Å². The van der Waals surface area contributed by atoms with Crippen LogP contribution in [-0.4, -0.2) is 39.4 Å². The van der Waals surface area contributed by atoms with Gasteiger partial charge in [0.15, 0.2) is 5.96 Å². The molecular weight excluding hydrogens is 389 g/mol. The van der Waals surface area contributed by atoms with Crippen LogP contribution < -0.4 is 15.4 Å². The van der Waals surface area contributed by atoms with Crippen molar-refractivity contribution >= 4 is 21.7 Å². The summed E-state index contributed by atoms with van der Waals surface area (Å²) in [7, 11) is -2.35. The molecule has 2 rings (SSSR count). The summed E-state index contributed by atoms with van der Waals surface area (Å²) in [5, 5.41) is 16.6. The van der Waals surface area contributed by atoms with Gasteiger partial charge in [-0.15, -0.1) is 0 Å². The van der Waals surface area contributed by atoms with Gasteiger partial charge in [-0.3, -0.25) is 15.1 Å². The number of rotatable bonds is 8. The van der Waals surface area contributed by atoms with E-state index in [0.717, 1.165) is 6.07 Å². The van der Waals surface area contributed by atoms with Crippen LogP contribution >= 0.6 is 0 Å². The molecule has 3 N–H and O–H groups in total. The predicted octanol–water partition coefficient (Wildman–Crippen LogP) is 1.38. The van der Waals surface area contributed by atoms with Crippen LogP contribution in [0.15, 0.2) is 58.4 Å². The van der Waals surface area contributed by atoms with Gasteiger partial charge < -0.3 is 10.6 Å². The number of sulfonamides is 1. The Kier molecular flexibility index (Phi) is 7.41. The highest BCUT2D eigenvalue weighted by Crippen LogP contribution is 2.16. The van der Waals surface area contributed by atoms with E-state index in [9.17, 15) is 22.9 Å². The predicted molar refractivity (Wildman–Crippen MR) is 103 cm³/mol. The molecule has 2 aromatic carbocycles. The van der Waals surface area contributed by atoms with Crippen molar-refractivity contribution in [2.24, 2.45) is 4.99 Å². The first kappa shape index (κ1) is 21.3. The van der Waals surface area contributed by atoms with Crippen molar-refractivity contribution in [1.29, 1.82) is 0 Å². The second kappa shape index (κ2) is 9.76. The second-order valence-electron chi connectivity index (χ2n) is 5.60. The second-order valence-corrected chi connectivity index (χ2v) is 7.36. The van der Waals surface area contributed by atoms with Crippen LogP contribution in [0.4, 0.5) is 10.1 Å². The van der Waals surface area contributed by atoms with Crippen molar-refractivity contribution < 1.29 is 17.7 Å². The number of nitrogens with one attached hydrogen (secondary N) is 3. The fraction of sp³-hybridized carbons (Fsp3) is 0.235. The number of nitrogens with zero attached hydrogens (tertiary/aromatic N) is 2. The minimum atomic E-state index is -3.89. The molecule has 0 bridgehead atoms. The largest absolute Gasteiger partial charge is 0.355 e. The summed E-state index contributed by atoms with van der Waals surface area (Å²) in [6.45, 7) is 0.433. The van der Waals surface area contributed by atoms with Gasteiger partial charge in [0.2, 0.25) is 10.0 Å². The van der Waals surface area contributed by atoms with Gasteiger partial charge in [0.1, 0.15) is 5.82 Å². The average molecular weight is 409 g/mol.